The largest absolute Gasteiger partial charge is 0.493 e. The van der Waals surface area contributed by atoms with E-state index in [0.29, 0.717) is 30.4 Å². The summed E-state index contributed by atoms with van der Waals surface area (Å²) in [5.41, 5.74) is 3.39. The van der Waals surface area contributed by atoms with E-state index in [9.17, 15) is 4.79 Å². The molecule has 30 heavy (non-hydrogen) atoms. The molecule has 0 saturated carbocycles. The standard InChI is InChI=1S/C21H26N4O4S/c1-14-10-20(30-13-19(26)22-8-5-9-27-2)25-21(24-14)16(12-23-25)15-6-7-17(28-3)18(11-15)29-4/h6-7,10-12H,5,8-9,13H2,1-4H3,(H,22,26). The Morgan fingerprint density at radius 1 is 1.17 bits per heavy atom. The lowest BCUT2D eigenvalue weighted by molar-refractivity contribution is -0.118. The van der Waals surface area contributed by atoms with Crippen LogP contribution in [0, 0.1) is 6.92 Å². The van der Waals surface area contributed by atoms with Gasteiger partial charge >= 0.3 is 0 Å². The number of benzene rings is 1. The number of thioether (sulfide) groups is 1. The summed E-state index contributed by atoms with van der Waals surface area (Å²) in [5, 5.41) is 8.26. The number of carbonyl (C=O) groups excluding carboxylic acids is 1. The van der Waals surface area contributed by atoms with E-state index in [0.717, 1.165) is 33.9 Å². The highest BCUT2D eigenvalue weighted by Crippen LogP contribution is 2.34. The van der Waals surface area contributed by atoms with Gasteiger partial charge in [-0.15, -0.1) is 0 Å². The first-order chi connectivity index (χ1) is 14.6. The highest BCUT2D eigenvalue weighted by molar-refractivity contribution is 7.99. The molecule has 3 rings (SSSR count). The Morgan fingerprint density at radius 3 is 2.70 bits per heavy atom. The predicted octanol–water partition coefficient (Wildman–Crippen LogP) is 2.97. The van der Waals surface area contributed by atoms with Gasteiger partial charge in [-0.3, -0.25) is 4.79 Å². The van der Waals surface area contributed by atoms with Gasteiger partial charge in [-0.2, -0.15) is 5.10 Å². The van der Waals surface area contributed by atoms with Crippen LogP contribution in [0.2, 0.25) is 0 Å². The van der Waals surface area contributed by atoms with Crippen molar-refractivity contribution in [1.82, 2.24) is 19.9 Å². The van der Waals surface area contributed by atoms with Gasteiger partial charge < -0.3 is 19.5 Å². The van der Waals surface area contributed by atoms with Crippen LogP contribution in [0.4, 0.5) is 0 Å². The van der Waals surface area contributed by atoms with Crippen molar-refractivity contribution < 1.29 is 19.0 Å². The molecule has 0 aliphatic heterocycles. The van der Waals surface area contributed by atoms with Crippen molar-refractivity contribution in [3.8, 4) is 22.6 Å². The first-order valence-corrected chi connectivity index (χ1v) is 10.5. The Morgan fingerprint density at radius 2 is 1.97 bits per heavy atom. The van der Waals surface area contributed by atoms with E-state index in [4.69, 9.17) is 14.2 Å². The first kappa shape index (κ1) is 21.9. The van der Waals surface area contributed by atoms with E-state index in [1.54, 1.807) is 32.0 Å². The average molecular weight is 431 g/mol. The fourth-order valence-corrected chi connectivity index (χ4v) is 3.89. The summed E-state index contributed by atoms with van der Waals surface area (Å²) in [6.07, 6.45) is 2.57. The topological polar surface area (TPSA) is 87.0 Å². The molecular weight excluding hydrogens is 404 g/mol. The molecule has 2 heterocycles. The van der Waals surface area contributed by atoms with Gasteiger partial charge in [-0.1, -0.05) is 17.8 Å². The Labute approximate surface area is 179 Å². The number of methoxy groups -OCH3 is 3. The lowest BCUT2D eigenvalue weighted by Crippen LogP contribution is -2.26. The lowest BCUT2D eigenvalue weighted by Gasteiger charge is -2.10. The van der Waals surface area contributed by atoms with Crippen molar-refractivity contribution in [2.45, 2.75) is 18.4 Å². The van der Waals surface area contributed by atoms with Crippen LogP contribution >= 0.6 is 11.8 Å². The Hall–Kier alpha value is -2.78. The van der Waals surface area contributed by atoms with Gasteiger partial charge in [-0.05, 0) is 37.1 Å². The molecule has 0 spiro atoms. The molecular formula is C21H26N4O4S. The predicted molar refractivity (Wildman–Crippen MR) is 116 cm³/mol. The number of aromatic nitrogens is 3. The molecule has 9 heteroatoms. The van der Waals surface area contributed by atoms with Crippen LogP contribution in [-0.4, -0.2) is 60.7 Å². The second-order valence-electron chi connectivity index (χ2n) is 6.58. The number of nitrogens with one attached hydrogen (secondary N) is 1. The third-order valence-corrected chi connectivity index (χ3v) is 5.45. The van der Waals surface area contributed by atoms with E-state index in [2.05, 4.69) is 15.4 Å². The fraction of sp³-hybridized carbons (Fsp3) is 0.381. The Kier molecular flexibility index (Phi) is 7.53. The van der Waals surface area contributed by atoms with E-state index in [1.165, 1.54) is 11.8 Å². The summed E-state index contributed by atoms with van der Waals surface area (Å²) < 4.78 is 17.5. The fourth-order valence-electron chi connectivity index (χ4n) is 3.00. The second kappa shape index (κ2) is 10.3. The molecule has 1 N–H and O–H groups in total. The summed E-state index contributed by atoms with van der Waals surface area (Å²) >= 11 is 1.43. The number of hydrogen-bond acceptors (Lipinski definition) is 7. The molecule has 0 fully saturated rings. The Bertz CT molecular complexity index is 1020. The zero-order valence-electron chi connectivity index (χ0n) is 17.6. The summed E-state index contributed by atoms with van der Waals surface area (Å²) in [4.78, 5) is 16.8. The molecule has 0 atom stereocenters. The molecule has 0 aliphatic rings. The van der Waals surface area contributed by atoms with Gasteiger partial charge in [0.1, 0.15) is 5.03 Å². The van der Waals surface area contributed by atoms with Gasteiger partial charge in [0.15, 0.2) is 17.1 Å². The first-order valence-electron chi connectivity index (χ1n) is 9.53. The third kappa shape index (κ3) is 5.03. The Balaban J connectivity index is 1.82. The number of hydrogen-bond donors (Lipinski definition) is 1. The van der Waals surface area contributed by atoms with Gasteiger partial charge in [0.2, 0.25) is 5.91 Å². The van der Waals surface area contributed by atoms with Crippen LogP contribution in [0.3, 0.4) is 0 Å². The van der Waals surface area contributed by atoms with Gasteiger partial charge in [-0.25, -0.2) is 9.50 Å². The molecule has 0 radical (unpaired) electrons. The maximum atomic E-state index is 12.1. The van der Waals surface area contributed by atoms with Crippen LogP contribution in [-0.2, 0) is 9.53 Å². The minimum absolute atomic E-state index is 0.0222. The quantitative estimate of drug-likeness (QED) is 0.301. The van der Waals surface area contributed by atoms with Crippen LogP contribution in [0.5, 0.6) is 11.5 Å². The third-order valence-electron chi connectivity index (χ3n) is 4.46. The van der Waals surface area contributed by atoms with Crippen molar-refractivity contribution in [3.63, 3.8) is 0 Å². The highest BCUT2D eigenvalue weighted by Gasteiger charge is 2.15. The van der Waals surface area contributed by atoms with Crippen molar-refractivity contribution >= 4 is 23.3 Å². The number of fused-ring (bicyclic) bond motifs is 1. The van der Waals surface area contributed by atoms with Crippen LogP contribution in [0.15, 0.2) is 35.5 Å². The van der Waals surface area contributed by atoms with Crippen molar-refractivity contribution in [2.24, 2.45) is 0 Å². The minimum atomic E-state index is -0.0222. The van der Waals surface area contributed by atoms with Gasteiger partial charge in [0.05, 0.1) is 26.2 Å². The summed E-state index contributed by atoms with van der Waals surface area (Å²) in [7, 11) is 4.86. The summed E-state index contributed by atoms with van der Waals surface area (Å²) in [6.45, 7) is 3.16. The molecule has 0 bridgehead atoms. The molecule has 1 aromatic carbocycles. The van der Waals surface area contributed by atoms with Crippen LogP contribution < -0.4 is 14.8 Å². The molecule has 8 nitrogen and oxygen atoms in total. The van der Waals surface area contributed by atoms with Crippen molar-refractivity contribution in [2.75, 3.05) is 40.2 Å². The lowest BCUT2D eigenvalue weighted by atomic mass is 10.1. The average Bonchev–Trinajstić information content (AvgIpc) is 3.18. The number of nitrogens with zero attached hydrogens (tertiary/aromatic N) is 3. The number of rotatable bonds is 10. The van der Waals surface area contributed by atoms with E-state index < -0.39 is 0 Å². The number of carbonyl (C=O) groups is 1. The zero-order chi connectivity index (χ0) is 21.5. The smallest absolute Gasteiger partial charge is 0.230 e. The molecule has 2 aromatic heterocycles. The summed E-state index contributed by atoms with van der Waals surface area (Å²) in [5.74, 6) is 1.58. The molecule has 0 unspecified atom stereocenters. The number of ether oxygens (including phenoxy) is 3. The zero-order valence-corrected chi connectivity index (χ0v) is 18.4. The normalized spacial score (nSPS) is 10.9. The van der Waals surface area contributed by atoms with Crippen LogP contribution in [0.25, 0.3) is 16.8 Å². The second-order valence-corrected chi connectivity index (χ2v) is 7.58. The van der Waals surface area contributed by atoms with E-state index >= 15 is 0 Å². The van der Waals surface area contributed by atoms with E-state index in [1.807, 2.05) is 31.2 Å². The van der Waals surface area contributed by atoms with Gasteiger partial charge in [0.25, 0.3) is 0 Å². The van der Waals surface area contributed by atoms with Crippen molar-refractivity contribution in [1.29, 1.82) is 0 Å². The maximum absolute atomic E-state index is 12.1. The monoisotopic (exact) mass is 430 g/mol. The highest BCUT2D eigenvalue weighted by atomic mass is 32.2. The molecule has 1 amide bonds. The maximum Gasteiger partial charge on any atom is 0.230 e. The summed E-state index contributed by atoms with van der Waals surface area (Å²) in [6, 6.07) is 7.64. The number of aryl methyl sites for hydroxylation is 1. The molecule has 3 aromatic rings. The van der Waals surface area contributed by atoms with E-state index in [-0.39, 0.29) is 5.91 Å². The van der Waals surface area contributed by atoms with Crippen LogP contribution in [0.1, 0.15) is 12.1 Å². The molecule has 0 aliphatic carbocycles. The minimum Gasteiger partial charge on any atom is -0.493 e. The SMILES string of the molecule is COCCCNC(=O)CSc1cc(C)nc2c(-c3ccc(OC)c(OC)c3)cnn12. The molecule has 0 saturated heterocycles. The molecule has 160 valence electrons. The van der Waals surface area contributed by atoms with Gasteiger partial charge in [0, 0.05) is 31.5 Å². The van der Waals surface area contributed by atoms with Crippen molar-refractivity contribution in [3.05, 3.63) is 36.2 Å². The number of amides is 1.